The van der Waals surface area contributed by atoms with Gasteiger partial charge in [0.15, 0.2) is 0 Å². The van der Waals surface area contributed by atoms with Gasteiger partial charge in [0.1, 0.15) is 35.0 Å². The normalized spacial score (nSPS) is 16.1. The number of benzene rings is 2. The van der Waals surface area contributed by atoms with Crippen LogP contribution in [0.3, 0.4) is 0 Å². The highest BCUT2D eigenvalue weighted by Crippen LogP contribution is 2.28. The van der Waals surface area contributed by atoms with Crippen molar-refractivity contribution in [3.8, 4) is 11.5 Å². The molecule has 1 atom stereocenters. The molecule has 0 spiro atoms. The van der Waals surface area contributed by atoms with Gasteiger partial charge in [-0.1, -0.05) is 18.2 Å². The van der Waals surface area contributed by atoms with E-state index in [1.165, 1.54) is 6.33 Å². The number of carbonyl (C=O) groups excluding carboxylic acids is 1. The number of nitrogens with zero attached hydrogens (tertiary/aromatic N) is 2. The molecule has 0 amide bonds. The number of ketones is 1. The predicted molar refractivity (Wildman–Crippen MR) is 117 cm³/mol. The third-order valence-corrected chi connectivity index (χ3v) is 5.16. The van der Waals surface area contributed by atoms with E-state index in [0.29, 0.717) is 22.7 Å². The van der Waals surface area contributed by atoms with Crippen LogP contribution in [0.25, 0.3) is 0 Å². The van der Waals surface area contributed by atoms with Crippen LogP contribution in [0.5, 0.6) is 11.5 Å². The van der Waals surface area contributed by atoms with E-state index >= 15 is 0 Å². The third-order valence-electron chi connectivity index (χ3n) is 5.16. The van der Waals surface area contributed by atoms with Gasteiger partial charge in [-0.3, -0.25) is 4.79 Å². The maximum atomic E-state index is 13.4. The van der Waals surface area contributed by atoms with E-state index in [-0.39, 0.29) is 17.6 Å². The van der Waals surface area contributed by atoms with Crippen LogP contribution in [0.15, 0.2) is 54.9 Å². The van der Waals surface area contributed by atoms with Gasteiger partial charge in [0.05, 0.1) is 0 Å². The number of carbonyl (C=O) groups is 1. The number of para-hydroxylation sites is 1. The molecule has 0 bridgehead atoms. The van der Waals surface area contributed by atoms with Gasteiger partial charge in [0.25, 0.3) is 0 Å². The first-order chi connectivity index (χ1) is 14.6. The van der Waals surface area contributed by atoms with Crippen molar-refractivity contribution in [3.05, 3.63) is 71.5 Å². The first-order valence-electron chi connectivity index (χ1n) is 10.1. The maximum absolute atomic E-state index is 13.4. The van der Waals surface area contributed by atoms with E-state index in [0.717, 1.165) is 37.2 Å². The molecular weight excluding hydrogens is 378 g/mol. The lowest BCUT2D eigenvalue weighted by Gasteiger charge is -2.25. The molecule has 0 radical (unpaired) electrons. The van der Waals surface area contributed by atoms with Gasteiger partial charge in [-0.2, -0.15) is 0 Å². The monoisotopic (exact) mass is 403 g/mol. The Morgan fingerprint density at radius 3 is 2.73 bits per heavy atom. The molecule has 7 heteroatoms. The Hall–Kier alpha value is -3.45. The van der Waals surface area contributed by atoms with Crippen molar-refractivity contribution in [3.63, 3.8) is 0 Å². The first kappa shape index (κ1) is 19.8. The second-order valence-electron chi connectivity index (χ2n) is 7.39. The minimum absolute atomic E-state index is 0.172. The molecule has 0 aliphatic carbocycles. The molecule has 0 saturated carbocycles. The van der Waals surface area contributed by atoms with E-state index in [2.05, 4.69) is 20.6 Å². The van der Waals surface area contributed by atoms with Gasteiger partial charge in [0.2, 0.25) is 5.78 Å². The van der Waals surface area contributed by atoms with Crippen LogP contribution in [0.1, 0.15) is 34.3 Å². The van der Waals surface area contributed by atoms with Crippen molar-refractivity contribution in [2.75, 3.05) is 24.1 Å². The number of nitrogens with two attached hydrogens (primary N) is 1. The Kier molecular flexibility index (Phi) is 5.90. The molecule has 1 aliphatic heterocycles. The van der Waals surface area contributed by atoms with Gasteiger partial charge < -0.3 is 21.1 Å². The van der Waals surface area contributed by atoms with Crippen molar-refractivity contribution in [2.45, 2.75) is 25.8 Å². The van der Waals surface area contributed by atoms with Crippen LogP contribution in [0, 0.1) is 6.92 Å². The Labute approximate surface area is 175 Å². The summed E-state index contributed by atoms with van der Waals surface area (Å²) in [4.78, 5) is 21.7. The highest BCUT2D eigenvalue weighted by molar-refractivity contribution is 6.15. The lowest BCUT2D eigenvalue weighted by Crippen LogP contribution is -2.39. The van der Waals surface area contributed by atoms with Gasteiger partial charge in [-0.05, 0) is 62.2 Å². The van der Waals surface area contributed by atoms with Gasteiger partial charge in [0, 0.05) is 18.2 Å². The number of hydrogen-bond acceptors (Lipinski definition) is 7. The zero-order valence-electron chi connectivity index (χ0n) is 16.9. The van der Waals surface area contributed by atoms with Gasteiger partial charge >= 0.3 is 0 Å². The van der Waals surface area contributed by atoms with Crippen molar-refractivity contribution < 1.29 is 9.53 Å². The van der Waals surface area contributed by atoms with E-state index in [1.54, 1.807) is 12.1 Å². The minimum Gasteiger partial charge on any atom is -0.457 e. The van der Waals surface area contributed by atoms with E-state index in [9.17, 15) is 4.79 Å². The fourth-order valence-corrected chi connectivity index (χ4v) is 3.61. The number of anilines is 2. The maximum Gasteiger partial charge on any atom is 0.200 e. The summed E-state index contributed by atoms with van der Waals surface area (Å²) in [7, 11) is 0. The lowest BCUT2D eigenvalue weighted by molar-refractivity contribution is 0.103. The quantitative estimate of drug-likeness (QED) is 0.541. The fourth-order valence-electron chi connectivity index (χ4n) is 3.61. The number of nitrogen functional groups attached to an aromatic ring is 1. The van der Waals surface area contributed by atoms with Crippen LogP contribution in [0.4, 0.5) is 11.6 Å². The molecule has 1 fully saturated rings. The Balaban J connectivity index is 1.59. The number of aryl methyl sites for hydroxylation is 1. The van der Waals surface area contributed by atoms with Crippen molar-refractivity contribution in [1.29, 1.82) is 0 Å². The lowest BCUT2D eigenvalue weighted by atomic mass is 9.98. The molecule has 2 aromatic carbocycles. The van der Waals surface area contributed by atoms with Crippen LogP contribution in [-0.4, -0.2) is 34.9 Å². The second-order valence-corrected chi connectivity index (χ2v) is 7.39. The molecule has 7 nitrogen and oxygen atoms in total. The molecule has 0 unspecified atom stereocenters. The number of rotatable bonds is 6. The Morgan fingerprint density at radius 1 is 1.17 bits per heavy atom. The summed E-state index contributed by atoms with van der Waals surface area (Å²) in [6.45, 7) is 3.71. The molecule has 2 heterocycles. The molecular formula is C23H25N5O2. The first-order valence-corrected chi connectivity index (χ1v) is 10.1. The second kappa shape index (κ2) is 8.92. The molecule has 3 aromatic rings. The van der Waals surface area contributed by atoms with Crippen LogP contribution in [-0.2, 0) is 0 Å². The summed E-state index contributed by atoms with van der Waals surface area (Å²) in [5.74, 6) is 1.85. The summed E-state index contributed by atoms with van der Waals surface area (Å²) < 4.78 is 5.87. The highest BCUT2D eigenvalue weighted by atomic mass is 16.5. The number of nitrogens with one attached hydrogen (secondary N) is 2. The van der Waals surface area contributed by atoms with Crippen molar-refractivity contribution in [2.24, 2.45) is 0 Å². The molecule has 154 valence electrons. The number of aromatic nitrogens is 2. The summed E-state index contributed by atoms with van der Waals surface area (Å²) in [5, 5.41) is 6.71. The van der Waals surface area contributed by atoms with Crippen molar-refractivity contribution in [1.82, 2.24) is 15.3 Å². The molecule has 30 heavy (non-hydrogen) atoms. The van der Waals surface area contributed by atoms with E-state index in [4.69, 9.17) is 10.5 Å². The average Bonchev–Trinajstić information content (AvgIpc) is 2.75. The highest BCUT2D eigenvalue weighted by Gasteiger charge is 2.23. The molecule has 1 aliphatic rings. The van der Waals surface area contributed by atoms with Crippen LogP contribution in [0.2, 0.25) is 0 Å². The number of ether oxygens (including phenoxy) is 1. The average molecular weight is 403 g/mol. The molecule has 4 rings (SSSR count). The standard InChI is InChI=1S/C23H25N5O2/c1-15-12-18(30-17-7-3-2-4-8-17)9-10-19(15)21(29)20-22(24)26-14-27-23(20)28-16-6-5-11-25-13-16/h2-4,7-10,12,14,16,25H,5-6,11,13H2,1H3,(H3,24,26,27,28)/t16-/m1/s1. The van der Waals surface area contributed by atoms with Gasteiger partial charge in [-0.15, -0.1) is 0 Å². The Morgan fingerprint density at radius 2 is 2.00 bits per heavy atom. The van der Waals surface area contributed by atoms with Crippen LogP contribution >= 0.6 is 0 Å². The molecule has 4 N–H and O–H groups in total. The van der Waals surface area contributed by atoms with E-state index < -0.39 is 0 Å². The summed E-state index contributed by atoms with van der Waals surface area (Å²) in [6.07, 6.45) is 3.47. The molecule has 1 saturated heterocycles. The Bertz CT molecular complexity index is 1030. The zero-order chi connectivity index (χ0) is 20.9. The topological polar surface area (TPSA) is 102 Å². The zero-order valence-corrected chi connectivity index (χ0v) is 16.9. The fraction of sp³-hybridized carbons (Fsp3) is 0.261. The predicted octanol–water partition coefficient (Wildman–Crippen LogP) is 3.55. The summed E-state index contributed by atoms with van der Waals surface area (Å²) >= 11 is 0. The van der Waals surface area contributed by atoms with E-state index in [1.807, 2.05) is 43.3 Å². The SMILES string of the molecule is Cc1cc(Oc2ccccc2)ccc1C(=O)c1c(N)ncnc1N[C@@H]1CCCNC1. The number of hydrogen-bond donors (Lipinski definition) is 3. The minimum atomic E-state index is -0.205. The van der Waals surface area contributed by atoms with Crippen molar-refractivity contribution >= 4 is 17.4 Å². The molecule has 1 aromatic heterocycles. The van der Waals surface area contributed by atoms with Crippen LogP contribution < -0.4 is 21.1 Å². The number of piperidine rings is 1. The largest absolute Gasteiger partial charge is 0.457 e. The summed E-state index contributed by atoms with van der Waals surface area (Å²) in [5.41, 5.74) is 7.74. The summed E-state index contributed by atoms with van der Waals surface area (Å²) in [6, 6.07) is 15.1. The smallest absolute Gasteiger partial charge is 0.200 e. The van der Waals surface area contributed by atoms with Gasteiger partial charge in [-0.25, -0.2) is 9.97 Å². The third kappa shape index (κ3) is 4.41.